The lowest BCUT2D eigenvalue weighted by Gasteiger charge is -2.46. The third-order valence-corrected chi connectivity index (χ3v) is 15.9. The van der Waals surface area contributed by atoms with Crippen LogP contribution in [0.3, 0.4) is 0 Å². The Hall–Kier alpha value is -3.12. The summed E-state index contributed by atoms with van der Waals surface area (Å²) in [6.07, 6.45) is 12.0. The van der Waals surface area contributed by atoms with Crippen molar-refractivity contribution in [3.8, 4) is 0 Å². The molecule has 1 saturated carbocycles. The van der Waals surface area contributed by atoms with Gasteiger partial charge in [0.05, 0.1) is 43.2 Å². The number of ketones is 2. The highest BCUT2D eigenvalue weighted by atomic mass is 16.6. The van der Waals surface area contributed by atoms with Gasteiger partial charge in [-0.3, -0.25) is 14.4 Å². The molecule has 5 rings (SSSR count). The fourth-order valence-electron chi connectivity index (χ4n) is 11.3. The molecule has 0 spiro atoms. The number of fused-ring (bicyclic) bond motifs is 3. The van der Waals surface area contributed by atoms with Crippen LogP contribution in [0.15, 0.2) is 47.6 Å². The highest BCUT2D eigenvalue weighted by Gasteiger charge is 2.53. The van der Waals surface area contributed by atoms with Crippen LogP contribution in [0.4, 0.5) is 0 Å². The van der Waals surface area contributed by atoms with Crippen LogP contribution in [-0.4, -0.2) is 152 Å². The number of carbonyl (C=O) groups excluding carboxylic acids is 4. The lowest BCUT2D eigenvalue weighted by Crippen LogP contribution is -2.63. The Labute approximate surface area is 417 Å². The van der Waals surface area contributed by atoms with E-state index in [1.165, 1.54) is 12.0 Å². The maximum absolute atomic E-state index is 14.6. The van der Waals surface area contributed by atoms with Crippen molar-refractivity contribution in [2.45, 2.75) is 199 Å². The summed E-state index contributed by atoms with van der Waals surface area (Å²) in [6.45, 7) is 14.3. The average molecular weight is 986 g/mol. The van der Waals surface area contributed by atoms with Gasteiger partial charge < -0.3 is 53.4 Å². The number of methoxy groups -OCH3 is 3. The summed E-state index contributed by atoms with van der Waals surface area (Å²) in [7, 11) is 4.70. The number of piperidine rings is 1. The molecule has 15 heteroatoms. The molecule has 15 nitrogen and oxygen atoms in total. The standard InChI is InChI=1S/C55H87NO14/c1-33-16-12-11-13-17-34(2)46(64-8)30-41-21-19-39(7)55(63,70-41)52(60)53(61)56-24-15-14-18-43(56)54(62)69-47(31-44(57)35(3)27-38(6)50(59)51(66-10)49(58)37(5)26-33)36(4)28-40-20-22-45(48(29-40)65-9)68-42-23-25-67-32-42/h11-13,16-17,27,33,36-43,45-48,50-52,59-60,63H,14-15,18-26,28-32H2,1-10H3/b13-11?,16-12?,34-17?,35-27-. The third-order valence-electron chi connectivity index (χ3n) is 15.9. The smallest absolute Gasteiger partial charge is 0.329 e. The first kappa shape index (κ1) is 57.8. The summed E-state index contributed by atoms with van der Waals surface area (Å²) < 4.78 is 42.1. The lowest BCUT2D eigenvalue weighted by atomic mass is 9.78. The number of carbonyl (C=O) groups is 4. The van der Waals surface area contributed by atoms with Gasteiger partial charge in [0, 0.05) is 65.1 Å². The van der Waals surface area contributed by atoms with E-state index in [-0.39, 0.29) is 73.1 Å². The topological polar surface area (TPSA) is 197 Å². The van der Waals surface area contributed by atoms with E-state index in [9.17, 15) is 34.5 Å². The molecule has 4 aliphatic heterocycles. The van der Waals surface area contributed by atoms with E-state index in [1.54, 1.807) is 41.1 Å². The Morgan fingerprint density at radius 1 is 0.857 bits per heavy atom. The molecule has 0 radical (unpaired) electrons. The van der Waals surface area contributed by atoms with Gasteiger partial charge in [-0.2, -0.15) is 0 Å². The second-order valence-corrected chi connectivity index (χ2v) is 21.4. The SMILES string of the molecule is COC1CC2CCC(C)C(O)(O2)C(O)C(=O)N2CCCCC2C(=O)OC(C(C)CC2CCC(OC3CCOC3)C(OC)C2)CC(=O)/C(C)=C\C(C)C(O)C(OC)C(=O)C(C)CC(C)C=CC=CC=C1C. The summed E-state index contributed by atoms with van der Waals surface area (Å²) in [4.78, 5) is 58.4. The molecule has 1 aliphatic carbocycles. The number of aliphatic hydroxyl groups excluding tert-OH is 2. The Bertz CT molecular complexity index is 1840. The van der Waals surface area contributed by atoms with Crippen molar-refractivity contribution in [1.82, 2.24) is 4.90 Å². The maximum Gasteiger partial charge on any atom is 0.329 e. The molecular weight excluding hydrogens is 899 g/mol. The lowest BCUT2D eigenvalue weighted by molar-refractivity contribution is -0.317. The van der Waals surface area contributed by atoms with Gasteiger partial charge in [-0.15, -0.1) is 0 Å². The molecular formula is C55H87NO14. The fraction of sp³-hybridized carbons (Fsp3) is 0.782. The zero-order valence-corrected chi connectivity index (χ0v) is 43.8. The normalized spacial score (nSPS) is 40.0. The van der Waals surface area contributed by atoms with Crippen molar-refractivity contribution in [1.29, 1.82) is 0 Å². The molecule has 1 amide bonds. The van der Waals surface area contributed by atoms with Gasteiger partial charge in [0.1, 0.15) is 18.2 Å². The van der Waals surface area contributed by atoms with Crippen molar-refractivity contribution in [3.05, 3.63) is 47.6 Å². The molecule has 5 aliphatic rings. The number of aliphatic hydroxyl groups is 3. The Balaban J connectivity index is 1.44. The first-order valence-corrected chi connectivity index (χ1v) is 26.2. The predicted octanol–water partition coefficient (Wildman–Crippen LogP) is 6.79. The second kappa shape index (κ2) is 27.2. The molecule has 4 heterocycles. The number of esters is 1. The zero-order chi connectivity index (χ0) is 51.3. The van der Waals surface area contributed by atoms with Gasteiger partial charge in [0.2, 0.25) is 5.79 Å². The molecule has 70 heavy (non-hydrogen) atoms. The van der Waals surface area contributed by atoms with E-state index >= 15 is 0 Å². The van der Waals surface area contributed by atoms with E-state index in [2.05, 4.69) is 0 Å². The van der Waals surface area contributed by atoms with Crippen LogP contribution in [0.2, 0.25) is 0 Å². The molecule has 3 N–H and O–H groups in total. The van der Waals surface area contributed by atoms with Crippen LogP contribution in [-0.2, 0) is 52.3 Å². The van der Waals surface area contributed by atoms with Gasteiger partial charge in [-0.1, -0.05) is 71.1 Å². The zero-order valence-electron chi connectivity index (χ0n) is 43.8. The van der Waals surface area contributed by atoms with E-state index in [4.69, 9.17) is 33.2 Å². The number of cyclic esters (lactones) is 1. The van der Waals surface area contributed by atoms with E-state index in [0.717, 1.165) is 31.3 Å². The van der Waals surface area contributed by atoms with Crippen LogP contribution in [0.5, 0.6) is 0 Å². The minimum absolute atomic E-state index is 0.0304. The number of hydrogen-bond acceptors (Lipinski definition) is 14. The predicted molar refractivity (Wildman–Crippen MR) is 264 cm³/mol. The quantitative estimate of drug-likeness (QED) is 0.215. The minimum atomic E-state index is -2.23. The molecule has 0 aromatic heterocycles. The largest absolute Gasteiger partial charge is 0.460 e. The van der Waals surface area contributed by atoms with Crippen LogP contribution in [0, 0.1) is 35.5 Å². The highest BCUT2D eigenvalue weighted by Crippen LogP contribution is 2.39. The Kier molecular flexibility index (Phi) is 22.5. The summed E-state index contributed by atoms with van der Waals surface area (Å²) in [6, 6.07) is -1.07. The molecule has 2 bridgehead atoms. The number of allylic oxidation sites excluding steroid dienone is 6. The van der Waals surface area contributed by atoms with Crippen molar-refractivity contribution < 1.29 is 67.7 Å². The summed E-state index contributed by atoms with van der Waals surface area (Å²) >= 11 is 0. The van der Waals surface area contributed by atoms with Gasteiger partial charge >= 0.3 is 5.97 Å². The third kappa shape index (κ3) is 15.2. The molecule has 396 valence electrons. The highest BCUT2D eigenvalue weighted by molar-refractivity contribution is 5.95. The van der Waals surface area contributed by atoms with Crippen LogP contribution >= 0.6 is 0 Å². The van der Waals surface area contributed by atoms with Gasteiger partial charge in [-0.05, 0) is 113 Å². The number of nitrogens with zero attached hydrogens (tertiary/aromatic N) is 1. The number of hydrogen-bond donors (Lipinski definition) is 3. The molecule has 17 atom stereocenters. The number of rotatable bonds is 8. The van der Waals surface area contributed by atoms with Crippen molar-refractivity contribution >= 4 is 23.4 Å². The molecule has 4 fully saturated rings. The van der Waals surface area contributed by atoms with Crippen LogP contribution in [0.25, 0.3) is 0 Å². The Morgan fingerprint density at radius 3 is 2.30 bits per heavy atom. The van der Waals surface area contributed by atoms with Crippen molar-refractivity contribution in [2.75, 3.05) is 41.1 Å². The molecule has 3 saturated heterocycles. The monoisotopic (exact) mass is 986 g/mol. The molecule has 0 aromatic rings. The number of ether oxygens (including phenoxy) is 7. The average Bonchev–Trinajstić information content (AvgIpc) is 3.86. The fourth-order valence-corrected chi connectivity index (χ4v) is 11.3. The van der Waals surface area contributed by atoms with E-state index < -0.39 is 72.0 Å². The first-order chi connectivity index (χ1) is 33.3. The number of amides is 1. The summed E-state index contributed by atoms with van der Waals surface area (Å²) in [5.41, 5.74) is 1.25. The van der Waals surface area contributed by atoms with Crippen molar-refractivity contribution in [3.63, 3.8) is 0 Å². The van der Waals surface area contributed by atoms with Crippen molar-refractivity contribution in [2.24, 2.45) is 35.5 Å². The van der Waals surface area contributed by atoms with Crippen LogP contribution in [0.1, 0.15) is 132 Å². The van der Waals surface area contributed by atoms with E-state index in [1.807, 2.05) is 58.1 Å². The summed E-state index contributed by atoms with van der Waals surface area (Å²) in [5, 5.41) is 35.5. The number of Topliss-reactive ketones (excluding diaryl/α,β-unsaturated/α-hetero) is 2. The molecule has 0 aromatic carbocycles. The first-order valence-electron chi connectivity index (χ1n) is 26.2. The van der Waals surface area contributed by atoms with Gasteiger partial charge in [0.15, 0.2) is 17.7 Å². The molecule has 17 unspecified atom stereocenters. The van der Waals surface area contributed by atoms with Gasteiger partial charge in [-0.25, -0.2) is 4.79 Å². The second-order valence-electron chi connectivity index (χ2n) is 21.4. The summed E-state index contributed by atoms with van der Waals surface area (Å²) in [5.74, 6) is -6.05. The Morgan fingerprint density at radius 2 is 1.61 bits per heavy atom. The van der Waals surface area contributed by atoms with Gasteiger partial charge in [0.25, 0.3) is 5.91 Å². The van der Waals surface area contributed by atoms with Crippen LogP contribution < -0.4 is 0 Å². The van der Waals surface area contributed by atoms with E-state index in [0.29, 0.717) is 63.7 Å². The minimum Gasteiger partial charge on any atom is -0.460 e. The maximum atomic E-state index is 14.6.